The van der Waals surface area contributed by atoms with Gasteiger partial charge >= 0.3 is 6.09 Å². The lowest BCUT2D eigenvalue weighted by Crippen LogP contribution is -2.44. The Bertz CT molecular complexity index is 608. The lowest BCUT2D eigenvalue weighted by molar-refractivity contribution is 0.0267. The summed E-state index contributed by atoms with van der Waals surface area (Å²) in [5.74, 6) is 0.405. The van der Waals surface area contributed by atoms with E-state index in [1.165, 1.54) is 5.56 Å². The van der Waals surface area contributed by atoms with Crippen LogP contribution < -0.4 is 5.32 Å². The summed E-state index contributed by atoms with van der Waals surface area (Å²) in [4.78, 5) is 14.9. The van der Waals surface area contributed by atoms with Crippen LogP contribution in [0.25, 0.3) is 0 Å². The van der Waals surface area contributed by atoms with Crippen LogP contribution in [0.4, 0.5) is 10.5 Å². The number of amides is 1. The summed E-state index contributed by atoms with van der Waals surface area (Å²) in [6.45, 7) is 10.6. The maximum atomic E-state index is 12.4. The Morgan fingerprint density at radius 3 is 2.62 bits per heavy atom. The molecule has 1 saturated heterocycles. The lowest BCUT2D eigenvalue weighted by Gasteiger charge is -2.29. The Morgan fingerprint density at radius 2 is 2.00 bits per heavy atom. The van der Waals surface area contributed by atoms with E-state index < -0.39 is 5.60 Å². The van der Waals surface area contributed by atoms with Gasteiger partial charge in [0.2, 0.25) is 0 Å². The minimum absolute atomic E-state index is 0.102. The Balaban J connectivity index is 2.10. The van der Waals surface area contributed by atoms with Crippen molar-refractivity contribution in [2.45, 2.75) is 65.0 Å². The summed E-state index contributed by atoms with van der Waals surface area (Å²) in [5, 5.41) is 3.36. The van der Waals surface area contributed by atoms with Crippen molar-refractivity contribution in [1.29, 1.82) is 0 Å². The van der Waals surface area contributed by atoms with E-state index >= 15 is 0 Å². The predicted octanol–water partition coefficient (Wildman–Crippen LogP) is 4.95. The topological polar surface area (TPSA) is 41.6 Å². The van der Waals surface area contributed by atoms with Gasteiger partial charge in [0.05, 0.1) is 6.04 Å². The van der Waals surface area contributed by atoms with E-state index in [-0.39, 0.29) is 12.1 Å². The third-order valence-corrected chi connectivity index (χ3v) is 4.40. The molecule has 0 spiro atoms. The Labute approximate surface area is 150 Å². The highest BCUT2D eigenvalue weighted by atomic mass is 32.1. The number of hydrogen-bond acceptors (Lipinski definition) is 3. The molecule has 24 heavy (non-hydrogen) atoms. The largest absolute Gasteiger partial charge is 0.444 e. The van der Waals surface area contributed by atoms with Gasteiger partial charge in [-0.2, -0.15) is 0 Å². The van der Waals surface area contributed by atoms with Crippen LogP contribution in [-0.4, -0.2) is 34.2 Å². The molecule has 0 radical (unpaired) electrons. The van der Waals surface area contributed by atoms with Crippen molar-refractivity contribution in [3.8, 4) is 0 Å². The number of anilines is 1. The highest BCUT2D eigenvalue weighted by molar-refractivity contribution is 7.80. The van der Waals surface area contributed by atoms with Gasteiger partial charge in [0.1, 0.15) is 10.6 Å². The molecule has 0 saturated carbocycles. The number of para-hydroxylation sites is 1. The first kappa shape index (κ1) is 18.7. The standard InChI is InChI=1S/C19H28N2O2S/c1-13(2)14-9-6-7-10-15(14)20-17(24)16-11-8-12-21(16)18(22)23-19(3,4)5/h6-7,9-10,13,16H,8,11-12H2,1-5H3,(H,20,24)/t16-/m0/s1. The number of benzene rings is 1. The van der Waals surface area contributed by atoms with Crippen LogP contribution in [0, 0.1) is 0 Å². The molecule has 1 aromatic rings. The molecule has 1 atom stereocenters. The number of carbonyl (C=O) groups is 1. The van der Waals surface area contributed by atoms with Gasteiger partial charge in [0, 0.05) is 12.2 Å². The summed E-state index contributed by atoms with van der Waals surface area (Å²) in [6.07, 6.45) is 1.53. The average Bonchev–Trinajstić information content (AvgIpc) is 2.95. The lowest BCUT2D eigenvalue weighted by atomic mass is 10.0. The van der Waals surface area contributed by atoms with E-state index in [0.717, 1.165) is 18.5 Å². The molecule has 0 aliphatic carbocycles. The molecule has 2 rings (SSSR count). The average molecular weight is 349 g/mol. The molecule has 1 heterocycles. The summed E-state index contributed by atoms with van der Waals surface area (Å²) in [6, 6.07) is 8.07. The summed E-state index contributed by atoms with van der Waals surface area (Å²) in [7, 11) is 0. The normalized spacial score (nSPS) is 17.9. The molecule has 1 aliphatic rings. The summed E-state index contributed by atoms with van der Waals surface area (Å²) < 4.78 is 5.51. The van der Waals surface area contributed by atoms with E-state index in [2.05, 4.69) is 25.2 Å². The zero-order valence-electron chi connectivity index (χ0n) is 15.3. The first-order chi connectivity index (χ1) is 11.2. The SMILES string of the molecule is CC(C)c1ccccc1NC(=S)[C@@H]1CCCN1C(=O)OC(C)(C)C. The first-order valence-corrected chi connectivity index (χ1v) is 8.99. The van der Waals surface area contributed by atoms with Crippen molar-refractivity contribution < 1.29 is 9.53 Å². The van der Waals surface area contributed by atoms with Crippen molar-refractivity contribution >= 4 is 29.0 Å². The molecular weight excluding hydrogens is 320 g/mol. The van der Waals surface area contributed by atoms with E-state index in [0.29, 0.717) is 17.5 Å². The van der Waals surface area contributed by atoms with Crippen molar-refractivity contribution in [1.82, 2.24) is 4.90 Å². The number of likely N-dealkylation sites (tertiary alicyclic amines) is 1. The minimum atomic E-state index is -0.497. The molecule has 1 amide bonds. The van der Waals surface area contributed by atoms with Crippen molar-refractivity contribution in [3.05, 3.63) is 29.8 Å². The third kappa shape index (κ3) is 4.69. The van der Waals surface area contributed by atoms with Gasteiger partial charge in [-0.3, -0.25) is 4.90 Å². The smallest absolute Gasteiger partial charge is 0.410 e. The Hall–Kier alpha value is -1.62. The van der Waals surface area contributed by atoms with Gasteiger partial charge in [0.25, 0.3) is 0 Å². The zero-order chi connectivity index (χ0) is 17.9. The third-order valence-electron chi connectivity index (χ3n) is 4.02. The monoisotopic (exact) mass is 348 g/mol. The number of thiocarbonyl (C=S) groups is 1. The van der Waals surface area contributed by atoms with E-state index in [1.807, 2.05) is 39.0 Å². The first-order valence-electron chi connectivity index (χ1n) is 8.58. The predicted molar refractivity (Wildman–Crippen MR) is 103 cm³/mol. The minimum Gasteiger partial charge on any atom is -0.444 e. The van der Waals surface area contributed by atoms with Crippen LogP contribution in [0.2, 0.25) is 0 Å². The van der Waals surface area contributed by atoms with Gasteiger partial charge in [-0.15, -0.1) is 0 Å². The van der Waals surface area contributed by atoms with Crippen molar-refractivity contribution in [2.24, 2.45) is 0 Å². The van der Waals surface area contributed by atoms with Crippen LogP contribution in [0.15, 0.2) is 24.3 Å². The van der Waals surface area contributed by atoms with Gasteiger partial charge in [0.15, 0.2) is 0 Å². The molecule has 132 valence electrons. The fourth-order valence-corrected chi connectivity index (χ4v) is 3.26. The van der Waals surface area contributed by atoms with Crippen LogP contribution in [0.1, 0.15) is 58.9 Å². The maximum Gasteiger partial charge on any atom is 0.410 e. The number of nitrogens with zero attached hydrogens (tertiary/aromatic N) is 1. The molecule has 1 aromatic carbocycles. The highest BCUT2D eigenvalue weighted by Gasteiger charge is 2.34. The molecule has 5 heteroatoms. The van der Waals surface area contributed by atoms with Gasteiger partial charge in [-0.25, -0.2) is 4.79 Å². The van der Waals surface area contributed by atoms with Gasteiger partial charge in [-0.1, -0.05) is 44.3 Å². The Morgan fingerprint density at radius 1 is 1.33 bits per heavy atom. The molecule has 0 bridgehead atoms. The molecule has 1 aliphatic heterocycles. The highest BCUT2D eigenvalue weighted by Crippen LogP contribution is 2.27. The van der Waals surface area contributed by atoms with Gasteiger partial charge in [-0.05, 0) is 51.2 Å². The second-order valence-electron chi connectivity index (χ2n) is 7.56. The molecular formula is C19H28N2O2S. The maximum absolute atomic E-state index is 12.4. The Kier molecular flexibility index (Phi) is 5.86. The summed E-state index contributed by atoms with van der Waals surface area (Å²) in [5.41, 5.74) is 1.75. The van der Waals surface area contributed by atoms with E-state index in [1.54, 1.807) is 4.90 Å². The molecule has 1 N–H and O–H groups in total. The number of ether oxygens (including phenoxy) is 1. The van der Waals surface area contributed by atoms with Crippen LogP contribution >= 0.6 is 12.2 Å². The number of rotatable bonds is 3. The van der Waals surface area contributed by atoms with E-state index in [4.69, 9.17) is 17.0 Å². The molecule has 4 nitrogen and oxygen atoms in total. The molecule has 1 fully saturated rings. The van der Waals surface area contributed by atoms with Gasteiger partial charge < -0.3 is 10.1 Å². The number of hydrogen-bond donors (Lipinski definition) is 1. The van der Waals surface area contributed by atoms with Crippen molar-refractivity contribution in [2.75, 3.05) is 11.9 Å². The molecule has 0 unspecified atom stereocenters. The number of carbonyl (C=O) groups excluding carboxylic acids is 1. The second-order valence-corrected chi connectivity index (χ2v) is 8.00. The number of nitrogens with one attached hydrogen (secondary N) is 1. The summed E-state index contributed by atoms with van der Waals surface area (Å²) >= 11 is 5.62. The van der Waals surface area contributed by atoms with Crippen LogP contribution in [0.3, 0.4) is 0 Å². The zero-order valence-corrected chi connectivity index (χ0v) is 16.1. The van der Waals surface area contributed by atoms with Crippen molar-refractivity contribution in [3.63, 3.8) is 0 Å². The van der Waals surface area contributed by atoms with Crippen LogP contribution in [-0.2, 0) is 4.74 Å². The van der Waals surface area contributed by atoms with Crippen LogP contribution in [0.5, 0.6) is 0 Å². The molecule has 0 aromatic heterocycles. The van der Waals surface area contributed by atoms with E-state index in [9.17, 15) is 4.79 Å². The fourth-order valence-electron chi connectivity index (χ4n) is 2.91. The fraction of sp³-hybridized carbons (Fsp3) is 0.579. The second kappa shape index (κ2) is 7.51. The quantitative estimate of drug-likeness (QED) is 0.785.